The summed E-state index contributed by atoms with van der Waals surface area (Å²) in [5, 5.41) is 4.12. The van der Waals surface area contributed by atoms with Gasteiger partial charge < -0.3 is 5.73 Å². The zero-order valence-electron chi connectivity index (χ0n) is 10.1. The van der Waals surface area contributed by atoms with Crippen LogP contribution in [0.2, 0.25) is 0 Å². The molecule has 0 spiro atoms. The van der Waals surface area contributed by atoms with E-state index in [1.165, 1.54) is 19.2 Å². The van der Waals surface area contributed by atoms with Gasteiger partial charge in [-0.05, 0) is 37.7 Å². The van der Waals surface area contributed by atoms with Gasteiger partial charge in [-0.1, -0.05) is 0 Å². The predicted molar refractivity (Wildman–Crippen MR) is 69.0 cm³/mol. The monoisotopic (exact) mass is 266 g/mol. The summed E-state index contributed by atoms with van der Waals surface area (Å²) in [6, 6.07) is 4.51. The molecule has 0 saturated carbocycles. The van der Waals surface area contributed by atoms with Crippen molar-refractivity contribution < 1.29 is 8.42 Å². The van der Waals surface area contributed by atoms with E-state index in [2.05, 4.69) is 9.82 Å². The molecular weight excluding hydrogens is 252 g/mol. The van der Waals surface area contributed by atoms with Crippen molar-refractivity contribution in [3.8, 4) is 5.69 Å². The van der Waals surface area contributed by atoms with Crippen molar-refractivity contribution >= 4 is 15.7 Å². The minimum Gasteiger partial charge on any atom is -0.397 e. The molecule has 96 valence electrons. The first-order valence-electron chi connectivity index (χ1n) is 5.29. The second-order valence-electron chi connectivity index (χ2n) is 3.89. The quantitative estimate of drug-likeness (QED) is 0.799. The van der Waals surface area contributed by atoms with Gasteiger partial charge in [0.05, 0.1) is 22.5 Å². The summed E-state index contributed by atoms with van der Waals surface area (Å²) in [4.78, 5) is 0.155. The van der Waals surface area contributed by atoms with Crippen LogP contribution in [-0.4, -0.2) is 25.2 Å². The fraction of sp³-hybridized carbons (Fsp3) is 0.182. The van der Waals surface area contributed by atoms with Crippen LogP contribution in [0.1, 0.15) is 5.56 Å². The summed E-state index contributed by atoms with van der Waals surface area (Å²) < 4.78 is 27.3. The minimum absolute atomic E-state index is 0.155. The first-order chi connectivity index (χ1) is 8.44. The van der Waals surface area contributed by atoms with Crippen LogP contribution in [-0.2, 0) is 10.0 Å². The van der Waals surface area contributed by atoms with Gasteiger partial charge in [0.15, 0.2) is 0 Å². The highest BCUT2D eigenvalue weighted by atomic mass is 32.2. The number of benzene rings is 1. The Balaban J connectivity index is 2.59. The Labute approximate surface area is 105 Å². The molecule has 0 atom stereocenters. The SMILES string of the molecule is CNS(=O)(=O)c1ccc(N)c(-n2cc(C)cn2)c1. The van der Waals surface area contributed by atoms with Crippen LogP contribution in [0.3, 0.4) is 0 Å². The Morgan fingerprint density at radius 1 is 1.39 bits per heavy atom. The van der Waals surface area contributed by atoms with Gasteiger partial charge in [-0.2, -0.15) is 5.10 Å². The molecule has 0 unspecified atom stereocenters. The van der Waals surface area contributed by atoms with Crippen LogP contribution < -0.4 is 10.5 Å². The van der Waals surface area contributed by atoms with Crippen molar-refractivity contribution in [2.24, 2.45) is 0 Å². The van der Waals surface area contributed by atoms with Crippen molar-refractivity contribution in [3.63, 3.8) is 0 Å². The molecule has 0 aliphatic rings. The number of aromatic nitrogens is 2. The topological polar surface area (TPSA) is 90.0 Å². The van der Waals surface area contributed by atoms with Gasteiger partial charge in [-0.15, -0.1) is 0 Å². The van der Waals surface area contributed by atoms with Gasteiger partial charge in [-0.25, -0.2) is 17.8 Å². The lowest BCUT2D eigenvalue weighted by molar-refractivity contribution is 0.588. The zero-order chi connectivity index (χ0) is 13.3. The molecule has 2 rings (SSSR count). The predicted octanol–water partition coefficient (Wildman–Crippen LogP) is 0.671. The summed E-state index contributed by atoms with van der Waals surface area (Å²) in [5.74, 6) is 0. The number of aryl methyl sites for hydroxylation is 1. The molecule has 0 saturated heterocycles. The number of nitrogens with zero attached hydrogens (tertiary/aromatic N) is 2. The average Bonchev–Trinajstić information content (AvgIpc) is 2.76. The number of hydrogen-bond acceptors (Lipinski definition) is 4. The molecule has 7 heteroatoms. The van der Waals surface area contributed by atoms with Crippen LogP contribution in [0.25, 0.3) is 5.69 Å². The Hall–Kier alpha value is -1.86. The second-order valence-corrected chi connectivity index (χ2v) is 5.78. The van der Waals surface area contributed by atoms with Crippen molar-refractivity contribution in [2.45, 2.75) is 11.8 Å². The Morgan fingerprint density at radius 2 is 2.11 bits per heavy atom. The summed E-state index contributed by atoms with van der Waals surface area (Å²) in [5.41, 5.74) is 7.82. The molecule has 1 heterocycles. The van der Waals surface area contributed by atoms with Crippen molar-refractivity contribution in [2.75, 3.05) is 12.8 Å². The number of nitrogens with two attached hydrogens (primary N) is 1. The lowest BCUT2D eigenvalue weighted by Gasteiger charge is -2.08. The Bertz CT molecular complexity index is 676. The van der Waals surface area contributed by atoms with Crippen molar-refractivity contribution in [1.29, 1.82) is 0 Å². The summed E-state index contributed by atoms with van der Waals surface area (Å²) in [6.45, 7) is 1.90. The lowest BCUT2D eigenvalue weighted by Crippen LogP contribution is -2.19. The molecule has 0 aliphatic carbocycles. The first kappa shape index (κ1) is 12.6. The number of anilines is 1. The fourth-order valence-electron chi connectivity index (χ4n) is 1.55. The van der Waals surface area contributed by atoms with Crippen LogP contribution in [0.4, 0.5) is 5.69 Å². The highest BCUT2D eigenvalue weighted by molar-refractivity contribution is 7.89. The van der Waals surface area contributed by atoms with E-state index in [1.807, 2.05) is 6.92 Å². The summed E-state index contributed by atoms with van der Waals surface area (Å²) >= 11 is 0. The van der Waals surface area contributed by atoms with E-state index in [9.17, 15) is 8.42 Å². The highest BCUT2D eigenvalue weighted by Crippen LogP contribution is 2.21. The molecule has 18 heavy (non-hydrogen) atoms. The van der Waals surface area contributed by atoms with Gasteiger partial charge in [0.1, 0.15) is 0 Å². The van der Waals surface area contributed by atoms with E-state index in [-0.39, 0.29) is 4.90 Å². The van der Waals surface area contributed by atoms with E-state index in [1.54, 1.807) is 23.1 Å². The second kappa shape index (κ2) is 4.43. The molecule has 0 amide bonds. The number of hydrogen-bond donors (Lipinski definition) is 2. The fourth-order valence-corrected chi connectivity index (χ4v) is 2.30. The molecule has 6 nitrogen and oxygen atoms in total. The Kier molecular flexibility index (Phi) is 3.10. The third-order valence-corrected chi connectivity index (χ3v) is 3.95. The van der Waals surface area contributed by atoms with Gasteiger partial charge in [-0.3, -0.25) is 0 Å². The van der Waals surface area contributed by atoms with Gasteiger partial charge in [0.2, 0.25) is 10.0 Å². The normalized spacial score (nSPS) is 11.7. The lowest BCUT2D eigenvalue weighted by atomic mass is 10.3. The molecule has 0 aliphatic heterocycles. The van der Waals surface area contributed by atoms with E-state index in [0.29, 0.717) is 11.4 Å². The molecule has 2 aromatic rings. The van der Waals surface area contributed by atoms with Crippen LogP contribution in [0.15, 0.2) is 35.5 Å². The first-order valence-corrected chi connectivity index (χ1v) is 6.77. The molecule has 0 bridgehead atoms. The number of rotatable bonds is 3. The number of nitrogen functional groups attached to an aromatic ring is 1. The van der Waals surface area contributed by atoms with Crippen LogP contribution >= 0.6 is 0 Å². The standard InChI is InChI=1S/C11H14N4O2S/c1-8-6-14-15(7-8)11-5-9(3-4-10(11)12)18(16,17)13-2/h3-7,13H,12H2,1-2H3. The van der Waals surface area contributed by atoms with E-state index in [0.717, 1.165) is 5.56 Å². The smallest absolute Gasteiger partial charge is 0.240 e. The van der Waals surface area contributed by atoms with E-state index < -0.39 is 10.0 Å². The molecular formula is C11H14N4O2S. The zero-order valence-corrected chi connectivity index (χ0v) is 10.9. The Morgan fingerprint density at radius 3 is 2.67 bits per heavy atom. The molecule has 3 N–H and O–H groups in total. The highest BCUT2D eigenvalue weighted by Gasteiger charge is 2.14. The third-order valence-electron chi connectivity index (χ3n) is 2.54. The van der Waals surface area contributed by atoms with Crippen molar-refractivity contribution in [1.82, 2.24) is 14.5 Å². The van der Waals surface area contributed by atoms with Gasteiger partial charge >= 0.3 is 0 Å². The molecule has 1 aromatic heterocycles. The van der Waals surface area contributed by atoms with E-state index in [4.69, 9.17) is 5.73 Å². The molecule has 0 fully saturated rings. The number of sulfonamides is 1. The van der Waals surface area contributed by atoms with Crippen LogP contribution in [0, 0.1) is 6.92 Å². The molecule has 1 aromatic carbocycles. The van der Waals surface area contributed by atoms with Crippen LogP contribution in [0.5, 0.6) is 0 Å². The minimum atomic E-state index is -3.49. The van der Waals surface area contributed by atoms with Gasteiger partial charge in [0.25, 0.3) is 0 Å². The molecule has 0 radical (unpaired) electrons. The van der Waals surface area contributed by atoms with E-state index >= 15 is 0 Å². The van der Waals surface area contributed by atoms with Gasteiger partial charge in [0, 0.05) is 6.20 Å². The summed E-state index contributed by atoms with van der Waals surface area (Å²) in [6.07, 6.45) is 3.46. The average molecular weight is 266 g/mol. The largest absolute Gasteiger partial charge is 0.397 e. The van der Waals surface area contributed by atoms with Crippen molar-refractivity contribution in [3.05, 3.63) is 36.2 Å². The maximum Gasteiger partial charge on any atom is 0.240 e. The maximum absolute atomic E-state index is 11.7. The third kappa shape index (κ3) is 2.22. The number of nitrogens with one attached hydrogen (secondary N) is 1. The summed E-state index contributed by atoms with van der Waals surface area (Å²) in [7, 11) is -2.12. The maximum atomic E-state index is 11.7.